The molecule has 1 aromatic rings. The zero-order valence-corrected chi connectivity index (χ0v) is 14.6. The Morgan fingerprint density at radius 2 is 2.14 bits per heavy atom. The van der Waals surface area contributed by atoms with Crippen molar-refractivity contribution in [3.05, 3.63) is 28.7 Å². The number of thioether (sulfide) groups is 1. The van der Waals surface area contributed by atoms with E-state index in [2.05, 4.69) is 15.9 Å². The maximum absolute atomic E-state index is 12.5. The SMILES string of the molecule is CC(Sc1ccc(Br)cc1)C(=O)N1CCOC(CC(=O)O)C1. The second-order valence-electron chi connectivity index (χ2n) is 5.09. The summed E-state index contributed by atoms with van der Waals surface area (Å²) in [4.78, 5) is 26.0. The van der Waals surface area contributed by atoms with Crippen LogP contribution in [0.3, 0.4) is 0 Å². The number of morpholine rings is 1. The molecule has 2 unspecified atom stereocenters. The Balaban J connectivity index is 1.91. The summed E-state index contributed by atoms with van der Waals surface area (Å²) in [5.41, 5.74) is 0. The van der Waals surface area contributed by atoms with Gasteiger partial charge in [-0.15, -0.1) is 11.8 Å². The molecule has 2 rings (SSSR count). The molecule has 1 aromatic carbocycles. The molecule has 1 amide bonds. The number of ether oxygens (including phenoxy) is 1. The zero-order valence-electron chi connectivity index (χ0n) is 12.2. The minimum atomic E-state index is -0.906. The highest BCUT2D eigenvalue weighted by molar-refractivity contribution is 9.10. The van der Waals surface area contributed by atoms with Crippen molar-refractivity contribution in [1.29, 1.82) is 0 Å². The molecule has 1 aliphatic rings. The van der Waals surface area contributed by atoms with Crippen LogP contribution in [-0.4, -0.2) is 52.9 Å². The van der Waals surface area contributed by atoms with Crippen molar-refractivity contribution < 1.29 is 19.4 Å². The summed E-state index contributed by atoms with van der Waals surface area (Å²) in [6, 6.07) is 7.81. The van der Waals surface area contributed by atoms with Crippen LogP contribution in [0, 0.1) is 0 Å². The number of amides is 1. The summed E-state index contributed by atoms with van der Waals surface area (Å²) >= 11 is 4.88. The van der Waals surface area contributed by atoms with Gasteiger partial charge in [0.05, 0.1) is 24.4 Å². The van der Waals surface area contributed by atoms with E-state index in [4.69, 9.17) is 9.84 Å². The summed E-state index contributed by atoms with van der Waals surface area (Å²) < 4.78 is 6.39. The van der Waals surface area contributed by atoms with E-state index in [9.17, 15) is 9.59 Å². The van der Waals surface area contributed by atoms with Crippen LogP contribution in [0.2, 0.25) is 0 Å². The molecule has 0 saturated carbocycles. The van der Waals surface area contributed by atoms with E-state index in [0.29, 0.717) is 19.7 Å². The molecule has 0 bridgehead atoms. The van der Waals surface area contributed by atoms with Gasteiger partial charge in [0.25, 0.3) is 0 Å². The number of hydrogen-bond acceptors (Lipinski definition) is 4. The first-order valence-electron chi connectivity index (χ1n) is 7.00. The van der Waals surface area contributed by atoms with Crippen molar-refractivity contribution in [3.8, 4) is 0 Å². The number of benzene rings is 1. The number of aliphatic carboxylic acids is 1. The fourth-order valence-corrected chi connectivity index (χ4v) is 3.48. The number of hydrogen-bond donors (Lipinski definition) is 1. The van der Waals surface area contributed by atoms with Crippen LogP contribution in [0.25, 0.3) is 0 Å². The summed E-state index contributed by atoms with van der Waals surface area (Å²) in [6.45, 7) is 3.12. The molecule has 120 valence electrons. The standard InChI is InChI=1S/C15H18BrNO4S/c1-10(22-13-4-2-11(16)3-5-13)15(20)17-6-7-21-12(9-17)8-14(18)19/h2-5,10,12H,6-9H2,1H3,(H,18,19). The molecule has 1 N–H and O–H groups in total. The largest absolute Gasteiger partial charge is 0.481 e. The molecular formula is C15H18BrNO4S. The zero-order chi connectivity index (χ0) is 16.1. The molecular weight excluding hydrogens is 370 g/mol. The predicted octanol–water partition coefficient (Wildman–Crippen LogP) is 2.63. The molecule has 1 heterocycles. The fourth-order valence-electron chi connectivity index (χ4n) is 2.26. The smallest absolute Gasteiger partial charge is 0.306 e. The first-order chi connectivity index (χ1) is 10.5. The van der Waals surface area contributed by atoms with Crippen LogP contribution in [0.4, 0.5) is 0 Å². The average molecular weight is 388 g/mol. The van der Waals surface area contributed by atoms with E-state index in [1.165, 1.54) is 11.8 Å². The van der Waals surface area contributed by atoms with Gasteiger partial charge in [0.15, 0.2) is 0 Å². The minimum Gasteiger partial charge on any atom is -0.481 e. The number of rotatable bonds is 5. The van der Waals surface area contributed by atoms with Gasteiger partial charge in [-0.2, -0.15) is 0 Å². The van der Waals surface area contributed by atoms with Gasteiger partial charge >= 0.3 is 5.97 Å². The lowest BCUT2D eigenvalue weighted by Gasteiger charge is -2.33. The number of carboxylic acids is 1. The summed E-state index contributed by atoms with van der Waals surface area (Å²) in [6.07, 6.45) is -0.488. The maximum Gasteiger partial charge on any atom is 0.306 e. The normalized spacial score (nSPS) is 19.7. The lowest BCUT2D eigenvalue weighted by Crippen LogP contribution is -2.48. The van der Waals surface area contributed by atoms with Gasteiger partial charge in [-0.3, -0.25) is 9.59 Å². The third-order valence-electron chi connectivity index (χ3n) is 3.33. The van der Waals surface area contributed by atoms with Gasteiger partial charge in [0.1, 0.15) is 0 Å². The Hall–Kier alpha value is -1.05. The van der Waals surface area contributed by atoms with Gasteiger partial charge in [-0.25, -0.2) is 0 Å². The fraction of sp³-hybridized carbons (Fsp3) is 0.467. The van der Waals surface area contributed by atoms with Crippen molar-refractivity contribution in [2.24, 2.45) is 0 Å². The lowest BCUT2D eigenvalue weighted by molar-refractivity contribution is -0.147. The number of carbonyl (C=O) groups is 2. The van der Waals surface area contributed by atoms with Crippen LogP contribution in [0.5, 0.6) is 0 Å². The molecule has 2 atom stereocenters. The number of nitrogens with zero attached hydrogens (tertiary/aromatic N) is 1. The molecule has 1 aliphatic heterocycles. The molecule has 0 aliphatic carbocycles. The van der Waals surface area contributed by atoms with Crippen molar-refractivity contribution >= 4 is 39.6 Å². The highest BCUT2D eigenvalue weighted by Gasteiger charge is 2.28. The van der Waals surface area contributed by atoms with Crippen LogP contribution < -0.4 is 0 Å². The molecule has 1 saturated heterocycles. The monoisotopic (exact) mass is 387 g/mol. The first-order valence-corrected chi connectivity index (χ1v) is 8.67. The highest BCUT2D eigenvalue weighted by Crippen LogP contribution is 2.26. The van der Waals surface area contributed by atoms with Gasteiger partial charge in [-0.05, 0) is 31.2 Å². The molecule has 1 fully saturated rings. The number of carboxylic acid groups (broad SMARTS) is 1. The minimum absolute atomic E-state index is 0.0200. The van der Waals surface area contributed by atoms with Crippen LogP contribution in [0.1, 0.15) is 13.3 Å². The molecule has 7 heteroatoms. The summed E-state index contributed by atoms with van der Waals surface area (Å²) in [5.74, 6) is -0.886. The van der Waals surface area contributed by atoms with E-state index in [-0.39, 0.29) is 17.6 Å². The average Bonchev–Trinajstić information content (AvgIpc) is 2.48. The third-order valence-corrected chi connectivity index (χ3v) is 4.96. The second-order valence-corrected chi connectivity index (χ2v) is 7.42. The summed E-state index contributed by atoms with van der Waals surface area (Å²) in [7, 11) is 0. The van der Waals surface area contributed by atoms with Crippen LogP contribution >= 0.6 is 27.7 Å². The Morgan fingerprint density at radius 1 is 1.45 bits per heavy atom. The van der Waals surface area contributed by atoms with Gasteiger partial charge in [0.2, 0.25) is 5.91 Å². The predicted molar refractivity (Wildman–Crippen MR) is 88.0 cm³/mol. The first kappa shape index (κ1) is 17.3. The van der Waals surface area contributed by atoms with E-state index < -0.39 is 12.1 Å². The number of carbonyl (C=O) groups excluding carboxylic acids is 1. The van der Waals surface area contributed by atoms with E-state index in [0.717, 1.165) is 9.37 Å². The van der Waals surface area contributed by atoms with E-state index in [1.54, 1.807) is 4.90 Å². The highest BCUT2D eigenvalue weighted by atomic mass is 79.9. The molecule has 5 nitrogen and oxygen atoms in total. The Labute approximate surface area is 142 Å². The maximum atomic E-state index is 12.5. The van der Waals surface area contributed by atoms with Crippen molar-refractivity contribution in [3.63, 3.8) is 0 Å². The molecule has 0 spiro atoms. The van der Waals surface area contributed by atoms with Crippen molar-refractivity contribution in [2.45, 2.75) is 29.6 Å². The van der Waals surface area contributed by atoms with Crippen molar-refractivity contribution in [2.75, 3.05) is 19.7 Å². The van der Waals surface area contributed by atoms with Gasteiger partial charge < -0.3 is 14.7 Å². The molecule has 0 radical (unpaired) electrons. The quantitative estimate of drug-likeness (QED) is 0.786. The van der Waals surface area contributed by atoms with Gasteiger partial charge in [-0.1, -0.05) is 15.9 Å². The lowest BCUT2D eigenvalue weighted by atomic mass is 10.2. The third kappa shape index (κ3) is 5.00. The Morgan fingerprint density at radius 3 is 2.77 bits per heavy atom. The Bertz CT molecular complexity index is 537. The van der Waals surface area contributed by atoms with Crippen molar-refractivity contribution in [1.82, 2.24) is 4.90 Å². The van der Waals surface area contributed by atoms with Crippen LogP contribution in [-0.2, 0) is 14.3 Å². The Kier molecular flexibility index (Phi) is 6.28. The number of halogens is 1. The van der Waals surface area contributed by atoms with Crippen LogP contribution in [0.15, 0.2) is 33.6 Å². The van der Waals surface area contributed by atoms with E-state index in [1.807, 2.05) is 31.2 Å². The molecule has 0 aromatic heterocycles. The topological polar surface area (TPSA) is 66.8 Å². The summed E-state index contributed by atoms with van der Waals surface area (Å²) in [5, 5.41) is 8.61. The second kappa shape index (κ2) is 7.99. The van der Waals surface area contributed by atoms with E-state index >= 15 is 0 Å². The van der Waals surface area contributed by atoms with Gasteiger partial charge in [0, 0.05) is 22.5 Å². The molecule has 22 heavy (non-hydrogen) atoms.